The summed E-state index contributed by atoms with van der Waals surface area (Å²) in [6.07, 6.45) is 1.12. The van der Waals surface area contributed by atoms with E-state index in [1.165, 1.54) is 42.9 Å². The summed E-state index contributed by atoms with van der Waals surface area (Å²) in [6, 6.07) is 15.5. The molecule has 25 heavy (non-hydrogen) atoms. The maximum absolute atomic E-state index is 5.49. The van der Waals surface area contributed by atoms with Crippen LogP contribution in [0.5, 0.6) is 11.5 Å². The molecule has 2 N–H and O–H groups in total. The summed E-state index contributed by atoms with van der Waals surface area (Å²) < 4.78 is 10.9. The van der Waals surface area contributed by atoms with E-state index in [9.17, 15) is 0 Å². The van der Waals surface area contributed by atoms with Gasteiger partial charge in [0.15, 0.2) is 11.5 Å². The Bertz CT molecular complexity index is 706. The first-order valence-corrected chi connectivity index (χ1v) is 9.43. The summed E-state index contributed by atoms with van der Waals surface area (Å²) in [5.41, 5.74) is 4.24. The lowest BCUT2D eigenvalue weighted by molar-refractivity contribution is -1.02. The summed E-state index contributed by atoms with van der Waals surface area (Å²) in [4.78, 5) is 3.38. The van der Waals surface area contributed by atoms with Crippen molar-refractivity contribution in [2.45, 2.75) is 26.4 Å². The third kappa shape index (κ3) is 3.97. The molecule has 0 amide bonds. The van der Waals surface area contributed by atoms with E-state index >= 15 is 0 Å². The molecule has 0 aromatic heterocycles. The molecule has 0 aliphatic carbocycles. The fourth-order valence-corrected chi connectivity index (χ4v) is 3.83. The Morgan fingerprint density at radius 3 is 1.96 bits per heavy atom. The third-order valence-electron chi connectivity index (χ3n) is 5.44. The monoisotopic (exact) mass is 340 g/mol. The molecule has 1 fully saturated rings. The second kappa shape index (κ2) is 7.46. The molecule has 0 spiro atoms. The Labute approximate surface area is 150 Å². The average Bonchev–Trinajstić information content (AvgIpc) is 3.12. The van der Waals surface area contributed by atoms with Crippen LogP contribution in [0.4, 0.5) is 0 Å². The van der Waals surface area contributed by atoms with E-state index in [0.717, 1.165) is 31.0 Å². The van der Waals surface area contributed by atoms with E-state index < -0.39 is 0 Å². The van der Waals surface area contributed by atoms with Gasteiger partial charge in [-0.05, 0) is 30.2 Å². The fourth-order valence-electron chi connectivity index (χ4n) is 3.83. The van der Waals surface area contributed by atoms with Gasteiger partial charge >= 0.3 is 0 Å². The number of benzene rings is 2. The summed E-state index contributed by atoms with van der Waals surface area (Å²) in [7, 11) is 0. The molecule has 0 unspecified atom stereocenters. The molecule has 0 atom stereocenters. The highest BCUT2D eigenvalue weighted by molar-refractivity contribution is 5.44. The predicted octanol–water partition coefficient (Wildman–Crippen LogP) is 0.461. The van der Waals surface area contributed by atoms with Crippen LogP contribution in [0.25, 0.3) is 0 Å². The molecule has 4 heteroatoms. The van der Waals surface area contributed by atoms with Crippen molar-refractivity contribution in [3.63, 3.8) is 0 Å². The summed E-state index contributed by atoms with van der Waals surface area (Å²) in [6.45, 7) is 9.75. The summed E-state index contributed by atoms with van der Waals surface area (Å²) >= 11 is 0. The first kappa shape index (κ1) is 16.4. The minimum absolute atomic E-state index is 0.354. The number of hydrogen-bond acceptors (Lipinski definition) is 2. The maximum Gasteiger partial charge on any atom is 0.231 e. The van der Waals surface area contributed by atoms with Gasteiger partial charge in [0, 0.05) is 11.1 Å². The van der Waals surface area contributed by atoms with Crippen LogP contribution in [0.2, 0.25) is 0 Å². The Morgan fingerprint density at radius 2 is 1.28 bits per heavy atom. The van der Waals surface area contributed by atoms with Gasteiger partial charge in [-0.1, -0.05) is 31.2 Å². The summed E-state index contributed by atoms with van der Waals surface area (Å²) in [5.74, 6) is 1.78. The molecule has 132 valence electrons. The maximum atomic E-state index is 5.49. The topological polar surface area (TPSA) is 27.3 Å². The van der Waals surface area contributed by atoms with E-state index in [2.05, 4.69) is 43.3 Å². The molecule has 2 aromatic rings. The van der Waals surface area contributed by atoms with Crippen LogP contribution in [-0.2, 0) is 19.5 Å². The van der Waals surface area contributed by atoms with Crippen molar-refractivity contribution in [1.82, 2.24) is 0 Å². The van der Waals surface area contributed by atoms with Gasteiger partial charge in [-0.15, -0.1) is 0 Å². The molecule has 0 bridgehead atoms. The Kier molecular flexibility index (Phi) is 4.90. The molecular formula is C21H28N2O2+2. The molecular weight excluding hydrogens is 312 g/mol. The van der Waals surface area contributed by atoms with Gasteiger partial charge < -0.3 is 19.3 Å². The second-order valence-electron chi connectivity index (χ2n) is 7.21. The molecule has 2 aliphatic rings. The highest BCUT2D eigenvalue weighted by atomic mass is 16.7. The Hall–Kier alpha value is -2.04. The summed E-state index contributed by atoms with van der Waals surface area (Å²) in [5, 5.41) is 0. The van der Waals surface area contributed by atoms with Gasteiger partial charge in [-0.2, -0.15) is 0 Å². The fraction of sp³-hybridized carbons (Fsp3) is 0.429. The molecule has 1 saturated heterocycles. The van der Waals surface area contributed by atoms with Crippen LogP contribution in [0.1, 0.15) is 23.6 Å². The first-order valence-electron chi connectivity index (χ1n) is 9.43. The number of quaternary nitrogens is 2. The largest absolute Gasteiger partial charge is 0.454 e. The van der Waals surface area contributed by atoms with Gasteiger partial charge in [-0.3, -0.25) is 0 Å². The zero-order chi connectivity index (χ0) is 17.1. The number of nitrogens with one attached hydrogen (secondary N) is 2. The van der Waals surface area contributed by atoms with Crippen molar-refractivity contribution in [2.24, 2.45) is 0 Å². The number of aryl methyl sites for hydroxylation is 1. The van der Waals surface area contributed by atoms with E-state index in [0.29, 0.717) is 6.79 Å². The van der Waals surface area contributed by atoms with Crippen LogP contribution in [0, 0.1) is 0 Å². The predicted molar refractivity (Wildman–Crippen MR) is 97.2 cm³/mol. The van der Waals surface area contributed by atoms with Gasteiger partial charge in [-0.25, -0.2) is 0 Å². The second-order valence-corrected chi connectivity index (χ2v) is 7.21. The van der Waals surface area contributed by atoms with Crippen LogP contribution in [0.3, 0.4) is 0 Å². The average molecular weight is 340 g/mol. The smallest absolute Gasteiger partial charge is 0.231 e. The molecule has 2 aromatic carbocycles. The number of ether oxygens (including phenoxy) is 2. The minimum Gasteiger partial charge on any atom is -0.454 e. The SMILES string of the molecule is CCc1ccc(C[NH+]2CC[NH+](Cc3ccc4c(c3)OCO4)CC2)cc1. The molecule has 0 radical (unpaired) electrons. The number of rotatable bonds is 5. The van der Waals surface area contributed by atoms with Crippen LogP contribution in [0.15, 0.2) is 42.5 Å². The van der Waals surface area contributed by atoms with Gasteiger partial charge in [0.25, 0.3) is 0 Å². The van der Waals surface area contributed by atoms with Crippen molar-refractivity contribution in [1.29, 1.82) is 0 Å². The molecule has 4 rings (SSSR count). The molecule has 0 saturated carbocycles. The highest BCUT2D eigenvalue weighted by Gasteiger charge is 2.24. The lowest BCUT2D eigenvalue weighted by Gasteiger charge is -2.29. The van der Waals surface area contributed by atoms with Crippen LogP contribution in [-0.4, -0.2) is 33.0 Å². The third-order valence-corrected chi connectivity index (χ3v) is 5.44. The van der Waals surface area contributed by atoms with Gasteiger partial charge in [0.1, 0.15) is 39.3 Å². The number of fused-ring (bicyclic) bond motifs is 1. The number of piperazine rings is 1. The molecule has 4 nitrogen and oxygen atoms in total. The Balaban J connectivity index is 1.28. The van der Waals surface area contributed by atoms with E-state index in [-0.39, 0.29) is 0 Å². The van der Waals surface area contributed by atoms with Crippen LogP contribution < -0.4 is 19.3 Å². The zero-order valence-electron chi connectivity index (χ0n) is 15.0. The van der Waals surface area contributed by atoms with Crippen molar-refractivity contribution in [3.05, 3.63) is 59.2 Å². The van der Waals surface area contributed by atoms with E-state index in [1.807, 2.05) is 6.07 Å². The normalized spacial score (nSPS) is 22.1. The van der Waals surface area contributed by atoms with Gasteiger partial charge in [0.05, 0.1) is 0 Å². The highest BCUT2D eigenvalue weighted by Crippen LogP contribution is 2.32. The quantitative estimate of drug-likeness (QED) is 0.828. The van der Waals surface area contributed by atoms with Crippen molar-refractivity contribution in [2.75, 3.05) is 33.0 Å². The zero-order valence-corrected chi connectivity index (χ0v) is 15.0. The molecule has 2 heterocycles. The lowest BCUT2D eigenvalue weighted by Crippen LogP contribution is -3.27. The van der Waals surface area contributed by atoms with Gasteiger partial charge in [0.2, 0.25) is 6.79 Å². The molecule has 2 aliphatic heterocycles. The first-order chi connectivity index (χ1) is 12.3. The number of hydrogen-bond donors (Lipinski definition) is 2. The minimum atomic E-state index is 0.354. The van der Waals surface area contributed by atoms with E-state index in [1.54, 1.807) is 9.80 Å². The van der Waals surface area contributed by atoms with E-state index in [4.69, 9.17) is 9.47 Å². The standard InChI is InChI=1S/C21H26N2O2/c1-2-17-3-5-18(6-4-17)14-22-9-11-23(12-10-22)15-19-7-8-20-21(13-19)25-16-24-20/h3-8,13H,2,9-12,14-16H2,1H3/p+2. The van der Waals surface area contributed by atoms with Crippen molar-refractivity contribution in [3.8, 4) is 11.5 Å². The van der Waals surface area contributed by atoms with Crippen LogP contribution >= 0.6 is 0 Å². The Morgan fingerprint density at radius 1 is 0.720 bits per heavy atom. The lowest BCUT2D eigenvalue weighted by atomic mass is 10.1. The van der Waals surface area contributed by atoms with Crippen molar-refractivity contribution >= 4 is 0 Å². The van der Waals surface area contributed by atoms with Crippen molar-refractivity contribution < 1.29 is 19.3 Å².